The van der Waals surface area contributed by atoms with Crippen molar-refractivity contribution in [2.24, 2.45) is 0 Å². The molecule has 0 aliphatic rings. The molecule has 170 valence electrons. The van der Waals surface area contributed by atoms with E-state index in [9.17, 15) is 4.79 Å². The van der Waals surface area contributed by atoms with Crippen LogP contribution in [0.3, 0.4) is 0 Å². The Bertz CT molecular complexity index is 1180. The Labute approximate surface area is 195 Å². The molecule has 2 heterocycles. The van der Waals surface area contributed by atoms with Crippen LogP contribution in [0, 0.1) is 0 Å². The molecule has 0 unspecified atom stereocenters. The number of thiophene rings is 1. The van der Waals surface area contributed by atoms with Gasteiger partial charge in [0, 0.05) is 12.0 Å². The van der Waals surface area contributed by atoms with Gasteiger partial charge in [0.15, 0.2) is 11.5 Å². The van der Waals surface area contributed by atoms with Gasteiger partial charge in [-0.15, -0.1) is 11.3 Å². The SMILES string of the molecule is COc1cc(-c2noc([C@H](Cc3ccccc3)NC(=O)c3cccs3)n2)cc(OC)c1OC. The van der Waals surface area contributed by atoms with Crippen LogP contribution >= 0.6 is 11.3 Å². The van der Waals surface area contributed by atoms with Crippen molar-refractivity contribution in [3.8, 4) is 28.6 Å². The minimum atomic E-state index is -0.509. The molecule has 0 saturated heterocycles. The van der Waals surface area contributed by atoms with Crippen molar-refractivity contribution in [3.63, 3.8) is 0 Å². The van der Waals surface area contributed by atoms with Crippen LogP contribution in [0.15, 0.2) is 64.5 Å². The molecule has 0 radical (unpaired) electrons. The molecule has 1 N–H and O–H groups in total. The highest BCUT2D eigenvalue weighted by Gasteiger charge is 2.24. The first-order valence-corrected chi connectivity index (χ1v) is 11.0. The van der Waals surface area contributed by atoms with E-state index in [0.29, 0.717) is 45.8 Å². The summed E-state index contributed by atoms with van der Waals surface area (Å²) < 4.78 is 21.8. The van der Waals surface area contributed by atoms with Gasteiger partial charge in [0.2, 0.25) is 17.5 Å². The highest BCUT2D eigenvalue weighted by atomic mass is 32.1. The van der Waals surface area contributed by atoms with Crippen LogP contribution in [0.1, 0.15) is 27.2 Å². The van der Waals surface area contributed by atoms with E-state index < -0.39 is 6.04 Å². The van der Waals surface area contributed by atoms with Crippen molar-refractivity contribution in [2.75, 3.05) is 21.3 Å². The maximum absolute atomic E-state index is 12.8. The first-order chi connectivity index (χ1) is 16.1. The van der Waals surface area contributed by atoms with Gasteiger partial charge >= 0.3 is 0 Å². The van der Waals surface area contributed by atoms with Crippen LogP contribution in [0.25, 0.3) is 11.4 Å². The Hall–Kier alpha value is -3.85. The molecule has 4 rings (SSSR count). The zero-order valence-corrected chi connectivity index (χ0v) is 19.2. The average molecular weight is 466 g/mol. The van der Waals surface area contributed by atoms with Crippen LogP contribution in [-0.4, -0.2) is 37.4 Å². The number of rotatable bonds is 9. The summed E-state index contributed by atoms with van der Waals surface area (Å²) in [6, 6.07) is 16.4. The fraction of sp³-hybridized carbons (Fsp3) is 0.208. The molecule has 0 aliphatic heterocycles. The summed E-state index contributed by atoms with van der Waals surface area (Å²) in [5, 5.41) is 9.01. The summed E-state index contributed by atoms with van der Waals surface area (Å²) in [5.74, 6) is 1.87. The Kier molecular flexibility index (Phi) is 6.89. The quantitative estimate of drug-likeness (QED) is 0.388. The van der Waals surface area contributed by atoms with E-state index in [1.807, 2.05) is 41.8 Å². The van der Waals surface area contributed by atoms with Crippen LogP contribution in [0.4, 0.5) is 0 Å². The Morgan fingerprint density at radius 3 is 2.36 bits per heavy atom. The second-order valence-electron chi connectivity index (χ2n) is 7.06. The number of nitrogens with one attached hydrogen (secondary N) is 1. The molecule has 1 atom stereocenters. The number of methoxy groups -OCH3 is 3. The molecule has 1 amide bonds. The number of amides is 1. The number of ether oxygens (including phenoxy) is 3. The highest BCUT2D eigenvalue weighted by molar-refractivity contribution is 7.12. The zero-order chi connectivity index (χ0) is 23.2. The molecule has 0 saturated carbocycles. The molecule has 0 fully saturated rings. The van der Waals surface area contributed by atoms with Gasteiger partial charge < -0.3 is 24.1 Å². The Morgan fingerprint density at radius 2 is 1.76 bits per heavy atom. The van der Waals surface area contributed by atoms with Gasteiger partial charge in [-0.05, 0) is 29.1 Å². The fourth-order valence-corrected chi connectivity index (χ4v) is 4.02. The summed E-state index contributed by atoms with van der Waals surface area (Å²) in [5.41, 5.74) is 1.66. The van der Waals surface area contributed by atoms with Gasteiger partial charge in [-0.3, -0.25) is 4.79 Å². The third kappa shape index (κ3) is 4.98. The number of aromatic nitrogens is 2. The average Bonchev–Trinajstić information content (AvgIpc) is 3.56. The van der Waals surface area contributed by atoms with Gasteiger partial charge in [0.05, 0.1) is 26.2 Å². The lowest BCUT2D eigenvalue weighted by Crippen LogP contribution is -2.29. The number of hydrogen-bond acceptors (Lipinski definition) is 8. The van der Waals surface area contributed by atoms with Crippen LogP contribution in [0.2, 0.25) is 0 Å². The molecule has 4 aromatic rings. The van der Waals surface area contributed by atoms with Crippen molar-refractivity contribution in [1.82, 2.24) is 15.5 Å². The summed E-state index contributed by atoms with van der Waals surface area (Å²) in [4.78, 5) is 17.9. The largest absolute Gasteiger partial charge is 0.493 e. The van der Waals surface area contributed by atoms with Crippen molar-refractivity contribution >= 4 is 17.2 Å². The maximum Gasteiger partial charge on any atom is 0.262 e. The normalized spacial score (nSPS) is 11.6. The van der Waals surface area contributed by atoms with E-state index in [2.05, 4.69) is 15.5 Å². The third-order valence-electron chi connectivity index (χ3n) is 5.00. The molecule has 0 bridgehead atoms. The number of nitrogens with zero attached hydrogens (tertiary/aromatic N) is 2. The number of carbonyl (C=O) groups excluding carboxylic acids is 1. The number of hydrogen-bond donors (Lipinski definition) is 1. The number of benzene rings is 2. The number of carbonyl (C=O) groups is 1. The second kappa shape index (κ2) is 10.2. The van der Waals surface area contributed by atoms with Crippen LogP contribution in [-0.2, 0) is 6.42 Å². The minimum Gasteiger partial charge on any atom is -0.493 e. The Balaban J connectivity index is 1.66. The fourth-order valence-electron chi connectivity index (χ4n) is 3.39. The van der Waals surface area contributed by atoms with Gasteiger partial charge in [-0.25, -0.2) is 0 Å². The van der Waals surface area contributed by atoms with E-state index in [1.165, 1.54) is 18.4 Å². The lowest BCUT2D eigenvalue weighted by atomic mass is 10.1. The summed E-state index contributed by atoms with van der Waals surface area (Å²) in [7, 11) is 4.62. The smallest absolute Gasteiger partial charge is 0.262 e. The lowest BCUT2D eigenvalue weighted by molar-refractivity contribution is 0.0932. The summed E-state index contributed by atoms with van der Waals surface area (Å²) in [6.45, 7) is 0. The predicted molar refractivity (Wildman–Crippen MR) is 124 cm³/mol. The zero-order valence-electron chi connectivity index (χ0n) is 18.4. The van der Waals surface area contributed by atoms with E-state index >= 15 is 0 Å². The van der Waals surface area contributed by atoms with Crippen LogP contribution in [0.5, 0.6) is 17.2 Å². The van der Waals surface area contributed by atoms with Crippen molar-refractivity contribution in [3.05, 3.63) is 76.3 Å². The van der Waals surface area contributed by atoms with Crippen molar-refractivity contribution in [2.45, 2.75) is 12.5 Å². The molecular weight excluding hydrogens is 442 g/mol. The standard InChI is InChI=1S/C24H23N3O5S/c1-29-18-13-16(14-19(30-2)21(18)31-3)22-26-24(32-27-22)17(12-15-8-5-4-6-9-15)25-23(28)20-10-7-11-33-20/h4-11,13-14,17H,12H2,1-3H3,(H,25,28)/t17-/m0/s1. The van der Waals surface area contributed by atoms with Crippen molar-refractivity contribution < 1.29 is 23.5 Å². The monoisotopic (exact) mass is 465 g/mol. The molecule has 0 aliphatic carbocycles. The highest BCUT2D eigenvalue weighted by Crippen LogP contribution is 2.40. The maximum atomic E-state index is 12.8. The Morgan fingerprint density at radius 1 is 1.03 bits per heavy atom. The molecule has 2 aromatic heterocycles. The van der Waals surface area contributed by atoms with Crippen LogP contribution < -0.4 is 19.5 Å². The first-order valence-electron chi connectivity index (χ1n) is 10.1. The summed E-state index contributed by atoms with van der Waals surface area (Å²) >= 11 is 1.37. The van der Waals surface area contributed by atoms with Gasteiger partial charge in [0.25, 0.3) is 5.91 Å². The second-order valence-corrected chi connectivity index (χ2v) is 8.01. The molecule has 33 heavy (non-hydrogen) atoms. The van der Waals surface area contributed by atoms with Gasteiger partial charge in [-0.1, -0.05) is 41.6 Å². The van der Waals surface area contributed by atoms with Crippen molar-refractivity contribution in [1.29, 1.82) is 0 Å². The summed E-state index contributed by atoms with van der Waals surface area (Å²) in [6.07, 6.45) is 0.495. The minimum absolute atomic E-state index is 0.196. The topological polar surface area (TPSA) is 95.7 Å². The molecule has 2 aromatic carbocycles. The van der Waals surface area contributed by atoms with E-state index in [4.69, 9.17) is 18.7 Å². The molecular formula is C24H23N3O5S. The van der Waals surface area contributed by atoms with Gasteiger partial charge in [-0.2, -0.15) is 4.98 Å². The van der Waals surface area contributed by atoms with E-state index in [-0.39, 0.29) is 5.91 Å². The third-order valence-corrected chi connectivity index (χ3v) is 5.86. The van der Waals surface area contributed by atoms with Gasteiger partial charge in [0.1, 0.15) is 6.04 Å². The lowest BCUT2D eigenvalue weighted by Gasteiger charge is -2.15. The first kappa shape index (κ1) is 22.3. The molecule has 0 spiro atoms. The van der Waals surface area contributed by atoms with E-state index in [0.717, 1.165) is 5.56 Å². The van der Waals surface area contributed by atoms with E-state index in [1.54, 1.807) is 32.4 Å². The molecule has 9 heteroatoms. The molecule has 8 nitrogen and oxygen atoms in total. The predicted octanol–water partition coefficient (Wildman–Crippen LogP) is 4.54.